The Bertz CT molecular complexity index is 941. The van der Waals surface area contributed by atoms with Gasteiger partial charge in [-0.2, -0.15) is 0 Å². The molecule has 3 N–H and O–H groups in total. The third-order valence-electron chi connectivity index (χ3n) is 4.91. The van der Waals surface area contributed by atoms with Gasteiger partial charge < -0.3 is 20.6 Å². The lowest BCUT2D eigenvalue weighted by Crippen LogP contribution is -2.30. The van der Waals surface area contributed by atoms with E-state index in [1.807, 2.05) is 4.90 Å². The molecule has 1 aliphatic heterocycles. The van der Waals surface area contributed by atoms with Crippen molar-refractivity contribution in [3.8, 4) is 5.75 Å². The van der Waals surface area contributed by atoms with Gasteiger partial charge in [-0.25, -0.2) is 0 Å². The lowest BCUT2D eigenvalue weighted by molar-refractivity contribution is -0.384. The highest BCUT2D eigenvalue weighted by Crippen LogP contribution is 2.31. The van der Waals surface area contributed by atoms with Crippen molar-refractivity contribution in [2.45, 2.75) is 19.3 Å². The molecule has 0 atom stereocenters. The van der Waals surface area contributed by atoms with Crippen molar-refractivity contribution >= 4 is 23.2 Å². The van der Waals surface area contributed by atoms with Crippen molar-refractivity contribution in [1.29, 1.82) is 0 Å². The Hall–Kier alpha value is -3.62. The molecule has 0 bridgehead atoms. The molecule has 9 nitrogen and oxygen atoms in total. The first kappa shape index (κ1) is 21.1. The molecule has 1 fully saturated rings. The third kappa shape index (κ3) is 5.25. The summed E-state index contributed by atoms with van der Waals surface area (Å²) in [4.78, 5) is 37.3. The molecule has 2 aromatic rings. The Morgan fingerprint density at radius 2 is 1.63 bits per heavy atom. The van der Waals surface area contributed by atoms with Crippen molar-refractivity contribution < 1.29 is 19.6 Å². The van der Waals surface area contributed by atoms with Gasteiger partial charge in [0, 0.05) is 43.4 Å². The van der Waals surface area contributed by atoms with Gasteiger partial charge in [-0.15, -0.1) is 0 Å². The number of hydrogen-bond acceptors (Lipinski definition) is 6. The summed E-state index contributed by atoms with van der Waals surface area (Å²) in [5.41, 5.74) is 1.06. The van der Waals surface area contributed by atoms with Gasteiger partial charge in [-0.1, -0.05) is 6.07 Å². The number of carbonyl (C=O) groups is 2. The number of nitro groups is 1. The standard InChI is InChI=1S/C21H24N4O5/c26-17-6-3-5-15(13-17)20(27)22-9-4-10-23-21(28)16-7-8-18(19(14-16)25(29)30)24-11-1-2-12-24/h3,5-8,13-14,26H,1-2,4,9-12H2,(H,22,27)(H,23,28). The highest BCUT2D eigenvalue weighted by molar-refractivity contribution is 5.96. The van der Waals surface area contributed by atoms with Crippen LogP contribution in [0.4, 0.5) is 11.4 Å². The molecule has 3 rings (SSSR count). The van der Waals surface area contributed by atoms with Crippen LogP contribution in [0.15, 0.2) is 42.5 Å². The van der Waals surface area contributed by atoms with Gasteiger partial charge in [0.05, 0.1) is 4.92 Å². The van der Waals surface area contributed by atoms with E-state index in [1.54, 1.807) is 24.3 Å². The van der Waals surface area contributed by atoms with Crippen molar-refractivity contribution in [3.63, 3.8) is 0 Å². The second-order valence-corrected chi connectivity index (χ2v) is 7.07. The first-order valence-electron chi connectivity index (χ1n) is 9.84. The number of phenolic OH excluding ortho intramolecular Hbond substituents is 1. The molecule has 1 saturated heterocycles. The van der Waals surface area contributed by atoms with Crippen LogP contribution in [0.2, 0.25) is 0 Å². The Kier molecular flexibility index (Phi) is 6.84. The molecule has 0 unspecified atom stereocenters. The summed E-state index contributed by atoms with van der Waals surface area (Å²) in [6, 6.07) is 10.6. The molecule has 0 radical (unpaired) electrons. The van der Waals surface area contributed by atoms with Crippen molar-refractivity contribution in [2.75, 3.05) is 31.1 Å². The van der Waals surface area contributed by atoms with E-state index in [9.17, 15) is 24.8 Å². The molecule has 0 saturated carbocycles. The van der Waals surface area contributed by atoms with E-state index < -0.39 is 10.8 Å². The normalized spacial score (nSPS) is 13.1. The average molecular weight is 412 g/mol. The minimum atomic E-state index is -0.457. The number of nitro benzene ring substituents is 1. The number of carbonyl (C=O) groups excluding carboxylic acids is 2. The third-order valence-corrected chi connectivity index (χ3v) is 4.91. The fraction of sp³-hybridized carbons (Fsp3) is 0.333. The highest BCUT2D eigenvalue weighted by Gasteiger charge is 2.23. The highest BCUT2D eigenvalue weighted by atomic mass is 16.6. The second-order valence-electron chi connectivity index (χ2n) is 7.07. The van der Waals surface area contributed by atoms with E-state index in [2.05, 4.69) is 10.6 Å². The number of benzene rings is 2. The molecule has 30 heavy (non-hydrogen) atoms. The zero-order valence-electron chi connectivity index (χ0n) is 16.5. The second kappa shape index (κ2) is 9.73. The molecular weight excluding hydrogens is 388 g/mol. The fourth-order valence-corrected chi connectivity index (χ4v) is 3.38. The van der Waals surface area contributed by atoms with Crippen LogP contribution in [-0.4, -0.2) is 48.0 Å². The molecule has 1 aliphatic rings. The van der Waals surface area contributed by atoms with Gasteiger partial charge in [-0.05, 0) is 49.6 Å². The SMILES string of the molecule is O=C(NCCCNC(=O)c1ccc(N2CCCC2)c([N+](=O)[O-])c1)c1cccc(O)c1. The molecule has 1 heterocycles. The predicted molar refractivity (Wildman–Crippen MR) is 112 cm³/mol. The summed E-state index contributed by atoms with van der Waals surface area (Å²) in [6.07, 6.45) is 2.49. The van der Waals surface area contributed by atoms with E-state index in [0.29, 0.717) is 30.8 Å². The lowest BCUT2D eigenvalue weighted by atomic mass is 10.1. The summed E-state index contributed by atoms with van der Waals surface area (Å²) < 4.78 is 0. The maximum atomic E-state index is 12.3. The maximum absolute atomic E-state index is 12.3. The van der Waals surface area contributed by atoms with Crippen molar-refractivity contribution in [2.24, 2.45) is 0 Å². The molecule has 0 aliphatic carbocycles. The number of phenols is 1. The van der Waals surface area contributed by atoms with E-state index in [-0.39, 0.29) is 22.9 Å². The van der Waals surface area contributed by atoms with Gasteiger partial charge in [0.15, 0.2) is 0 Å². The minimum Gasteiger partial charge on any atom is -0.508 e. The van der Waals surface area contributed by atoms with Crippen LogP contribution in [-0.2, 0) is 0 Å². The van der Waals surface area contributed by atoms with Crippen LogP contribution < -0.4 is 15.5 Å². The number of aromatic hydroxyl groups is 1. The van der Waals surface area contributed by atoms with Gasteiger partial charge in [0.2, 0.25) is 0 Å². The maximum Gasteiger partial charge on any atom is 0.293 e. The van der Waals surface area contributed by atoms with E-state index in [0.717, 1.165) is 25.9 Å². The summed E-state index contributed by atoms with van der Waals surface area (Å²) in [5, 5.41) is 26.3. The number of anilines is 1. The molecule has 2 amide bonds. The number of nitrogens with one attached hydrogen (secondary N) is 2. The number of amides is 2. The first-order valence-corrected chi connectivity index (χ1v) is 9.84. The monoisotopic (exact) mass is 412 g/mol. The van der Waals surface area contributed by atoms with Crippen molar-refractivity contribution in [1.82, 2.24) is 10.6 Å². The quantitative estimate of drug-likeness (QED) is 0.347. The number of hydrogen-bond donors (Lipinski definition) is 3. The van der Waals surface area contributed by atoms with Crippen LogP contribution in [0.1, 0.15) is 40.0 Å². The van der Waals surface area contributed by atoms with Crippen LogP contribution in [0, 0.1) is 10.1 Å². The summed E-state index contributed by atoms with van der Waals surface area (Å²) >= 11 is 0. The van der Waals surface area contributed by atoms with Gasteiger partial charge >= 0.3 is 0 Å². The molecular formula is C21H24N4O5. The zero-order valence-corrected chi connectivity index (χ0v) is 16.5. The fourth-order valence-electron chi connectivity index (χ4n) is 3.38. The van der Waals surface area contributed by atoms with E-state index >= 15 is 0 Å². The molecule has 0 spiro atoms. The Balaban J connectivity index is 1.49. The van der Waals surface area contributed by atoms with E-state index in [1.165, 1.54) is 18.2 Å². The number of nitrogens with zero attached hydrogens (tertiary/aromatic N) is 2. The first-order chi connectivity index (χ1) is 14.5. The van der Waals surface area contributed by atoms with Crippen LogP contribution in [0.25, 0.3) is 0 Å². The van der Waals surface area contributed by atoms with Crippen LogP contribution >= 0.6 is 0 Å². The Morgan fingerprint density at radius 1 is 1.00 bits per heavy atom. The summed E-state index contributed by atoms with van der Waals surface area (Å²) in [6.45, 7) is 2.20. The molecule has 2 aromatic carbocycles. The van der Waals surface area contributed by atoms with Gasteiger partial charge in [-0.3, -0.25) is 19.7 Å². The molecule has 0 aromatic heterocycles. The minimum absolute atomic E-state index is 0.0137. The summed E-state index contributed by atoms with van der Waals surface area (Å²) in [5.74, 6) is -0.699. The van der Waals surface area contributed by atoms with E-state index in [4.69, 9.17) is 0 Å². The number of rotatable bonds is 8. The Morgan fingerprint density at radius 3 is 2.23 bits per heavy atom. The zero-order chi connectivity index (χ0) is 21.5. The summed E-state index contributed by atoms with van der Waals surface area (Å²) in [7, 11) is 0. The largest absolute Gasteiger partial charge is 0.508 e. The average Bonchev–Trinajstić information content (AvgIpc) is 3.27. The van der Waals surface area contributed by atoms with Gasteiger partial charge in [0.25, 0.3) is 17.5 Å². The smallest absolute Gasteiger partial charge is 0.293 e. The van der Waals surface area contributed by atoms with Gasteiger partial charge in [0.1, 0.15) is 11.4 Å². The van der Waals surface area contributed by atoms with Crippen LogP contribution in [0.5, 0.6) is 5.75 Å². The van der Waals surface area contributed by atoms with Crippen molar-refractivity contribution in [3.05, 3.63) is 63.7 Å². The molecule has 158 valence electrons. The predicted octanol–water partition coefficient (Wildman–Crippen LogP) is 2.45. The van der Waals surface area contributed by atoms with Crippen LogP contribution in [0.3, 0.4) is 0 Å². The lowest BCUT2D eigenvalue weighted by Gasteiger charge is -2.17. The Labute approximate surface area is 173 Å². The topological polar surface area (TPSA) is 125 Å². The molecule has 9 heteroatoms.